The summed E-state index contributed by atoms with van der Waals surface area (Å²) in [4.78, 5) is 30.6. The van der Waals surface area contributed by atoms with Crippen LogP contribution in [0.1, 0.15) is 30.6 Å². The molecule has 4 aromatic heterocycles. The van der Waals surface area contributed by atoms with Gasteiger partial charge in [-0.2, -0.15) is 10.2 Å². The Morgan fingerprint density at radius 2 is 1.95 bits per heavy atom. The smallest absolute Gasteiger partial charge is 0.403 e. The molecule has 0 saturated carbocycles. The molecule has 0 spiro atoms. The standard InChI is InChI=1S/C16H17N7O.C8H5F3N2O/c1-2-10-13(15-17-5-3-6-18-15)21-22-14(10)16(24)23-7-4-11-12(8-23)20-9-19-11;9-8(10,11)14-7-2-1-5-13-6(7)3-4-12-13/h3,5-6,9-10H,2,4,7-8H2,1H3,(H,19,20);1-5H. The van der Waals surface area contributed by atoms with E-state index in [4.69, 9.17) is 0 Å². The van der Waals surface area contributed by atoms with Crippen molar-refractivity contribution in [2.24, 2.45) is 16.1 Å². The number of ether oxygens (including phenoxy) is 1. The zero-order valence-corrected chi connectivity index (χ0v) is 20.1. The Hall–Kier alpha value is -4.62. The van der Waals surface area contributed by atoms with Gasteiger partial charge in [-0.25, -0.2) is 19.5 Å². The maximum absolute atomic E-state index is 12.9. The van der Waals surface area contributed by atoms with Gasteiger partial charge in [0.2, 0.25) is 0 Å². The number of nitrogens with zero attached hydrogens (tertiary/aromatic N) is 8. The number of hydrogen-bond donors (Lipinski definition) is 1. The van der Waals surface area contributed by atoms with Crippen molar-refractivity contribution in [3.05, 3.63) is 72.6 Å². The van der Waals surface area contributed by atoms with Gasteiger partial charge < -0.3 is 14.6 Å². The van der Waals surface area contributed by atoms with Crippen LogP contribution >= 0.6 is 0 Å². The van der Waals surface area contributed by atoms with Crippen LogP contribution in [0.25, 0.3) is 5.52 Å². The second-order valence-corrected chi connectivity index (χ2v) is 8.39. The molecule has 1 N–H and O–H groups in total. The van der Waals surface area contributed by atoms with Crippen LogP contribution in [-0.2, 0) is 17.8 Å². The van der Waals surface area contributed by atoms with Gasteiger partial charge in [-0.3, -0.25) is 4.79 Å². The molecular formula is C24H22F3N9O2. The second kappa shape index (κ2) is 10.4. The van der Waals surface area contributed by atoms with E-state index in [1.54, 1.807) is 35.9 Å². The number of aromatic nitrogens is 6. The molecule has 0 bridgehead atoms. The Bertz CT molecular complexity index is 1490. The van der Waals surface area contributed by atoms with Crippen molar-refractivity contribution in [2.75, 3.05) is 6.54 Å². The van der Waals surface area contributed by atoms with E-state index >= 15 is 0 Å². The van der Waals surface area contributed by atoms with Crippen molar-refractivity contribution in [3.8, 4) is 5.75 Å². The van der Waals surface area contributed by atoms with Crippen LogP contribution in [0, 0.1) is 5.92 Å². The van der Waals surface area contributed by atoms with Gasteiger partial charge in [0.25, 0.3) is 5.91 Å². The van der Waals surface area contributed by atoms with E-state index in [0.29, 0.717) is 30.3 Å². The molecule has 2 aliphatic rings. The molecule has 1 unspecified atom stereocenters. The van der Waals surface area contributed by atoms with E-state index in [9.17, 15) is 18.0 Å². The predicted molar refractivity (Wildman–Crippen MR) is 129 cm³/mol. The highest BCUT2D eigenvalue weighted by molar-refractivity contribution is 6.45. The minimum Gasteiger partial charge on any atom is -0.403 e. The molecule has 14 heteroatoms. The fourth-order valence-corrected chi connectivity index (χ4v) is 4.27. The first-order chi connectivity index (χ1) is 18.3. The normalized spacial score (nSPS) is 16.8. The van der Waals surface area contributed by atoms with Crippen LogP contribution in [0.4, 0.5) is 13.2 Å². The van der Waals surface area contributed by atoms with Crippen LogP contribution in [0.3, 0.4) is 0 Å². The Morgan fingerprint density at radius 1 is 1.13 bits per heavy atom. The van der Waals surface area contributed by atoms with E-state index in [-0.39, 0.29) is 23.1 Å². The number of imidazole rings is 1. The van der Waals surface area contributed by atoms with E-state index in [1.807, 2.05) is 6.92 Å². The minimum absolute atomic E-state index is 0.0724. The molecule has 196 valence electrons. The van der Waals surface area contributed by atoms with Crippen molar-refractivity contribution >= 4 is 22.8 Å². The Kier molecular flexibility index (Phi) is 6.85. The highest BCUT2D eigenvalue weighted by Gasteiger charge is 2.36. The van der Waals surface area contributed by atoms with Gasteiger partial charge in [-0.05, 0) is 30.7 Å². The Labute approximate surface area is 214 Å². The number of halogens is 3. The van der Waals surface area contributed by atoms with Crippen LogP contribution in [0.2, 0.25) is 0 Å². The van der Waals surface area contributed by atoms with E-state index < -0.39 is 6.36 Å². The van der Waals surface area contributed by atoms with Crippen LogP contribution in [0.15, 0.2) is 65.6 Å². The van der Waals surface area contributed by atoms with E-state index in [0.717, 1.165) is 24.2 Å². The number of aromatic amines is 1. The van der Waals surface area contributed by atoms with Crippen LogP contribution < -0.4 is 4.74 Å². The predicted octanol–water partition coefficient (Wildman–Crippen LogP) is 3.20. The SMILES string of the molecule is CCC1C(C(=O)N2CCc3nc[nH]c3C2)=NN=C1c1ncccn1.FC(F)(F)Oc1cccn2nccc12. The molecule has 0 aromatic carbocycles. The number of carbonyl (C=O) groups excluding carboxylic acids is 1. The van der Waals surface area contributed by atoms with Gasteiger partial charge in [-0.1, -0.05) is 6.92 Å². The number of hydrogen-bond acceptors (Lipinski definition) is 8. The Balaban J connectivity index is 0.000000179. The molecule has 11 nitrogen and oxygen atoms in total. The fourth-order valence-electron chi connectivity index (χ4n) is 4.27. The van der Waals surface area contributed by atoms with Crippen molar-refractivity contribution in [1.82, 2.24) is 34.4 Å². The third kappa shape index (κ3) is 5.23. The van der Waals surface area contributed by atoms with E-state index in [1.165, 1.54) is 28.9 Å². The quantitative estimate of drug-likeness (QED) is 0.436. The molecule has 0 fully saturated rings. The number of amides is 1. The summed E-state index contributed by atoms with van der Waals surface area (Å²) in [5, 5.41) is 12.2. The number of carbonyl (C=O) groups is 1. The van der Waals surface area contributed by atoms with Gasteiger partial charge in [0.1, 0.15) is 16.9 Å². The molecule has 6 rings (SSSR count). The van der Waals surface area contributed by atoms with Gasteiger partial charge >= 0.3 is 6.36 Å². The third-order valence-corrected chi connectivity index (χ3v) is 6.03. The molecule has 2 aliphatic heterocycles. The number of pyridine rings is 1. The summed E-state index contributed by atoms with van der Waals surface area (Å²) in [5.74, 6) is 0.0442. The molecule has 4 aromatic rings. The number of alkyl halides is 3. The lowest BCUT2D eigenvalue weighted by Crippen LogP contribution is -2.43. The Morgan fingerprint density at radius 3 is 2.71 bits per heavy atom. The zero-order chi connectivity index (χ0) is 26.7. The number of rotatable bonds is 4. The van der Waals surface area contributed by atoms with Crippen molar-refractivity contribution < 1.29 is 22.7 Å². The lowest BCUT2D eigenvalue weighted by atomic mass is 9.93. The number of H-pyrrole nitrogens is 1. The first-order valence-electron chi connectivity index (χ1n) is 11.8. The zero-order valence-electron chi connectivity index (χ0n) is 20.1. The molecule has 1 amide bonds. The number of nitrogens with one attached hydrogen (secondary N) is 1. The number of fused-ring (bicyclic) bond motifs is 2. The van der Waals surface area contributed by atoms with Crippen LogP contribution in [0.5, 0.6) is 5.75 Å². The molecule has 0 aliphatic carbocycles. The lowest BCUT2D eigenvalue weighted by molar-refractivity contribution is -0.274. The summed E-state index contributed by atoms with van der Waals surface area (Å²) < 4.78 is 40.9. The largest absolute Gasteiger partial charge is 0.573 e. The topological polar surface area (TPSA) is 126 Å². The first-order valence-corrected chi connectivity index (χ1v) is 11.8. The maximum Gasteiger partial charge on any atom is 0.573 e. The van der Waals surface area contributed by atoms with E-state index in [2.05, 4.69) is 40.0 Å². The molecule has 0 saturated heterocycles. The average Bonchev–Trinajstić information content (AvgIpc) is 3.67. The summed E-state index contributed by atoms with van der Waals surface area (Å²) in [6, 6.07) is 5.87. The van der Waals surface area contributed by atoms with Crippen LogP contribution in [-0.4, -0.2) is 64.7 Å². The second-order valence-electron chi connectivity index (χ2n) is 8.39. The monoisotopic (exact) mass is 525 g/mol. The summed E-state index contributed by atoms with van der Waals surface area (Å²) in [5.41, 5.74) is 3.45. The highest BCUT2D eigenvalue weighted by Crippen LogP contribution is 2.26. The summed E-state index contributed by atoms with van der Waals surface area (Å²) in [7, 11) is 0. The highest BCUT2D eigenvalue weighted by atomic mass is 19.4. The summed E-state index contributed by atoms with van der Waals surface area (Å²) in [6.45, 7) is 3.19. The van der Waals surface area contributed by atoms with Crippen molar-refractivity contribution in [2.45, 2.75) is 32.7 Å². The molecule has 6 heterocycles. The van der Waals surface area contributed by atoms with Gasteiger partial charge in [0.05, 0.1) is 36.4 Å². The molecule has 0 radical (unpaired) electrons. The summed E-state index contributed by atoms with van der Waals surface area (Å²) in [6.07, 6.45) is 4.76. The lowest BCUT2D eigenvalue weighted by Gasteiger charge is -2.27. The first kappa shape index (κ1) is 25.0. The minimum atomic E-state index is -4.67. The van der Waals surface area contributed by atoms with Crippen molar-refractivity contribution in [1.29, 1.82) is 0 Å². The maximum atomic E-state index is 12.9. The fraction of sp³-hybridized carbons (Fsp3) is 0.292. The molecule has 1 atom stereocenters. The third-order valence-electron chi connectivity index (χ3n) is 6.03. The summed E-state index contributed by atoms with van der Waals surface area (Å²) >= 11 is 0. The van der Waals surface area contributed by atoms with Crippen molar-refractivity contribution in [3.63, 3.8) is 0 Å². The van der Waals surface area contributed by atoms with Gasteiger partial charge in [0, 0.05) is 31.6 Å². The average molecular weight is 525 g/mol. The molecular weight excluding hydrogens is 503 g/mol. The van der Waals surface area contributed by atoms with Gasteiger partial charge in [0.15, 0.2) is 11.6 Å². The van der Waals surface area contributed by atoms with Gasteiger partial charge in [-0.15, -0.1) is 18.3 Å². The molecule has 38 heavy (non-hydrogen) atoms.